The zero-order valence-electron chi connectivity index (χ0n) is 17.8. The Hall–Kier alpha value is -3.72. The number of hydrogen-bond donors (Lipinski definition) is 2. The minimum absolute atomic E-state index is 0.115. The van der Waals surface area contributed by atoms with Crippen molar-refractivity contribution in [3.8, 4) is 5.75 Å². The molecule has 4 rings (SSSR count). The van der Waals surface area contributed by atoms with Gasteiger partial charge in [0.15, 0.2) is 5.11 Å². The van der Waals surface area contributed by atoms with Crippen molar-refractivity contribution in [2.24, 2.45) is 0 Å². The van der Waals surface area contributed by atoms with E-state index in [4.69, 9.17) is 45.3 Å². The van der Waals surface area contributed by atoms with Crippen molar-refractivity contribution in [3.05, 3.63) is 99.0 Å². The molecule has 0 spiro atoms. The summed E-state index contributed by atoms with van der Waals surface area (Å²) >= 11 is 17.6. The van der Waals surface area contributed by atoms with Crippen LogP contribution in [0.15, 0.2) is 72.3 Å². The van der Waals surface area contributed by atoms with Crippen molar-refractivity contribution in [3.63, 3.8) is 0 Å². The fraction of sp³-hybridized carbons (Fsp3) is 0.0400. The zero-order valence-corrected chi connectivity index (χ0v) is 20.2. The van der Waals surface area contributed by atoms with Gasteiger partial charge in [-0.15, -0.1) is 0 Å². The van der Waals surface area contributed by atoms with Crippen LogP contribution in [0, 0.1) is 0 Å². The molecule has 1 aliphatic rings. The van der Waals surface area contributed by atoms with Gasteiger partial charge in [-0.2, -0.15) is 0 Å². The fourth-order valence-electron chi connectivity index (χ4n) is 3.33. The summed E-state index contributed by atoms with van der Waals surface area (Å²) < 4.78 is 5.89. The molecule has 7 nitrogen and oxygen atoms in total. The third kappa shape index (κ3) is 5.19. The van der Waals surface area contributed by atoms with E-state index < -0.39 is 17.8 Å². The quantitative estimate of drug-likeness (QED) is 0.263. The monoisotopic (exact) mass is 526 g/mol. The average molecular weight is 527 g/mol. The lowest BCUT2D eigenvalue weighted by atomic mass is 10.1. The van der Waals surface area contributed by atoms with E-state index in [1.54, 1.807) is 54.6 Å². The summed E-state index contributed by atoms with van der Waals surface area (Å²) in [6.45, 7) is 0.147. The Labute approximate surface area is 215 Å². The van der Waals surface area contributed by atoms with Gasteiger partial charge >= 0.3 is 5.97 Å². The predicted octanol–water partition coefficient (Wildman–Crippen LogP) is 5.10. The maximum Gasteiger partial charge on any atom is 0.335 e. The number of carboxylic acid groups (broad SMARTS) is 1. The lowest BCUT2D eigenvalue weighted by molar-refractivity contribution is -0.122. The van der Waals surface area contributed by atoms with Gasteiger partial charge < -0.3 is 9.84 Å². The molecule has 2 N–H and O–H groups in total. The van der Waals surface area contributed by atoms with Crippen LogP contribution >= 0.6 is 35.4 Å². The van der Waals surface area contributed by atoms with Crippen molar-refractivity contribution >= 4 is 70.1 Å². The van der Waals surface area contributed by atoms with E-state index in [1.165, 1.54) is 18.2 Å². The number of aromatic carboxylic acids is 1. The second kappa shape index (κ2) is 10.3. The number of nitrogens with zero attached hydrogens (tertiary/aromatic N) is 1. The van der Waals surface area contributed by atoms with Crippen LogP contribution in [0.1, 0.15) is 21.5 Å². The first-order valence-corrected chi connectivity index (χ1v) is 11.3. The first-order chi connectivity index (χ1) is 16.8. The SMILES string of the molecule is O=C1NC(=S)N(c2cccc(Cl)c2Cl)C(=O)/C1=C/c1ccccc1OCc1ccc(C(=O)O)cc1. The number of ether oxygens (including phenoxy) is 1. The molecule has 0 unspecified atom stereocenters. The number of thiocarbonyl (C=S) groups is 1. The normalized spacial score (nSPS) is 14.7. The molecule has 3 aromatic rings. The van der Waals surface area contributed by atoms with E-state index in [2.05, 4.69) is 5.32 Å². The van der Waals surface area contributed by atoms with E-state index in [0.717, 1.165) is 10.5 Å². The van der Waals surface area contributed by atoms with Gasteiger partial charge in [-0.3, -0.25) is 19.8 Å². The molecule has 1 aliphatic heterocycles. The van der Waals surface area contributed by atoms with Crippen molar-refractivity contribution in [2.75, 3.05) is 4.90 Å². The van der Waals surface area contributed by atoms with Crippen LogP contribution < -0.4 is 15.0 Å². The number of carboxylic acids is 1. The second-order valence-electron chi connectivity index (χ2n) is 7.36. The van der Waals surface area contributed by atoms with Crippen LogP contribution in [0.2, 0.25) is 10.0 Å². The summed E-state index contributed by atoms with van der Waals surface area (Å²) in [6.07, 6.45) is 1.41. The lowest BCUT2D eigenvalue weighted by Gasteiger charge is -2.29. The summed E-state index contributed by atoms with van der Waals surface area (Å²) in [6, 6.07) is 17.9. The Morgan fingerprint density at radius 3 is 2.46 bits per heavy atom. The molecule has 1 fully saturated rings. The highest BCUT2D eigenvalue weighted by Crippen LogP contribution is 2.34. The third-order valence-electron chi connectivity index (χ3n) is 5.09. The van der Waals surface area contributed by atoms with Gasteiger partial charge in [0.1, 0.15) is 17.9 Å². The largest absolute Gasteiger partial charge is 0.488 e. The molecule has 10 heteroatoms. The van der Waals surface area contributed by atoms with Gasteiger partial charge in [0.05, 0.1) is 21.3 Å². The molecule has 176 valence electrons. The van der Waals surface area contributed by atoms with Crippen LogP contribution in [0.5, 0.6) is 5.75 Å². The first-order valence-electron chi connectivity index (χ1n) is 10.2. The van der Waals surface area contributed by atoms with Crippen LogP contribution in [0.25, 0.3) is 6.08 Å². The Morgan fingerprint density at radius 1 is 1.03 bits per heavy atom. The zero-order chi connectivity index (χ0) is 25.1. The number of carbonyl (C=O) groups is 3. The van der Waals surface area contributed by atoms with Gasteiger partial charge in [-0.1, -0.05) is 59.6 Å². The Balaban J connectivity index is 1.62. The van der Waals surface area contributed by atoms with E-state index in [1.807, 2.05) is 0 Å². The Kier molecular flexibility index (Phi) is 7.16. The number of amides is 2. The van der Waals surface area contributed by atoms with Gasteiger partial charge in [0.25, 0.3) is 11.8 Å². The van der Waals surface area contributed by atoms with Crippen LogP contribution in [0.3, 0.4) is 0 Å². The number of anilines is 1. The first kappa shape index (κ1) is 24.4. The van der Waals surface area contributed by atoms with Gasteiger partial charge in [-0.05, 0) is 54.2 Å². The molecule has 0 aromatic heterocycles. The number of hydrogen-bond acceptors (Lipinski definition) is 5. The van der Waals surface area contributed by atoms with Crippen molar-refractivity contribution in [1.29, 1.82) is 0 Å². The molecule has 0 bridgehead atoms. The molecule has 0 aliphatic carbocycles. The molecule has 0 radical (unpaired) electrons. The number of nitrogens with one attached hydrogen (secondary N) is 1. The van der Waals surface area contributed by atoms with Crippen LogP contribution in [-0.2, 0) is 16.2 Å². The topological polar surface area (TPSA) is 95.9 Å². The highest BCUT2D eigenvalue weighted by Gasteiger charge is 2.35. The number of para-hydroxylation sites is 1. The molecule has 35 heavy (non-hydrogen) atoms. The minimum atomic E-state index is -1.02. The summed E-state index contributed by atoms with van der Waals surface area (Å²) in [5.74, 6) is -1.92. The van der Waals surface area contributed by atoms with Crippen molar-refractivity contribution < 1.29 is 24.2 Å². The molecule has 0 atom stereocenters. The average Bonchev–Trinajstić information content (AvgIpc) is 2.83. The Morgan fingerprint density at radius 2 is 1.74 bits per heavy atom. The molecule has 1 heterocycles. The fourth-order valence-corrected chi connectivity index (χ4v) is 3.99. The maximum absolute atomic E-state index is 13.3. The van der Waals surface area contributed by atoms with E-state index >= 15 is 0 Å². The van der Waals surface area contributed by atoms with E-state index in [9.17, 15) is 14.4 Å². The summed E-state index contributed by atoms with van der Waals surface area (Å²) in [7, 11) is 0. The lowest BCUT2D eigenvalue weighted by Crippen LogP contribution is -2.54. The van der Waals surface area contributed by atoms with E-state index in [-0.39, 0.29) is 38.6 Å². The second-order valence-corrected chi connectivity index (χ2v) is 8.53. The van der Waals surface area contributed by atoms with Crippen molar-refractivity contribution in [2.45, 2.75) is 6.61 Å². The third-order valence-corrected chi connectivity index (χ3v) is 6.18. The summed E-state index contributed by atoms with van der Waals surface area (Å²) in [5, 5.41) is 11.8. The number of halogens is 2. The van der Waals surface area contributed by atoms with E-state index in [0.29, 0.717) is 11.3 Å². The highest BCUT2D eigenvalue weighted by atomic mass is 35.5. The molecular weight excluding hydrogens is 511 g/mol. The molecule has 1 saturated heterocycles. The predicted molar refractivity (Wildman–Crippen MR) is 137 cm³/mol. The standard InChI is InChI=1S/C25H16Cl2N2O5S/c26-18-5-3-6-19(21(18)27)29-23(31)17(22(30)28-25(29)35)12-16-4-1-2-7-20(16)34-13-14-8-10-15(11-9-14)24(32)33/h1-12H,13H2,(H,32,33)(H,28,30,35)/b17-12+. The highest BCUT2D eigenvalue weighted by molar-refractivity contribution is 7.80. The maximum atomic E-state index is 13.3. The molecular formula is C25H16Cl2N2O5S. The van der Waals surface area contributed by atoms with Crippen LogP contribution in [0.4, 0.5) is 5.69 Å². The molecule has 0 saturated carbocycles. The number of benzene rings is 3. The van der Waals surface area contributed by atoms with Gasteiger partial charge in [0, 0.05) is 5.56 Å². The Bertz CT molecular complexity index is 1390. The smallest absolute Gasteiger partial charge is 0.335 e. The van der Waals surface area contributed by atoms with Crippen molar-refractivity contribution in [1.82, 2.24) is 5.32 Å². The number of carbonyl (C=O) groups excluding carboxylic acids is 2. The minimum Gasteiger partial charge on any atom is -0.488 e. The number of rotatable bonds is 6. The van der Waals surface area contributed by atoms with Crippen LogP contribution in [-0.4, -0.2) is 28.0 Å². The summed E-state index contributed by atoms with van der Waals surface area (Å²) in [5.41, 5.74) is 1.48. The van der Waals surface area contributed by atoms with Gasteiger partial charge in [-0.25, -0.2) is 4.79 Å². The summed E-state index contributed by atoms with van der Waals surface area (Å²) in [4.78, 5) is 38.1. The molecule has 3 aromatic carbocycles. The van der Waals surface area contributed by atoms with Gasteiger partial charge in [0.2, 0.25) is 0 Å². The molecule has 2 amide bonds.